The molecule has 0 bridgehead atoms. The zero-order valence-corrected chi connectivity index (χ0v) is 6.81. The second kappa shape index (κ2) is 2.24. The summed E-state index contributed by atoms with van der Waals surface area (Å²) in [5.74, 6) is 0. The maximum atomic E-state index is 9.54. The van der Waals surface area contributed by atoms with E-state index >= 15 is 0 Å². The SMILES string of the molecule is CC1=C(C)CC(C)(O)C=C1. The highest BCUT2D eigenvalue weighted by molar-refractivity contribution is 5.30. The Balaban J connectivity index is 2.85. The van der Waals surface area contributed by atoms with E-state index in [4.69, 9.17) is 0 Å². The van der Waals surface area contributed by atoms with Crippen LogP contribution in [0.2, 0.25) is 0 Å². The molecule has 0 aromatic carbocycles. The van der Waals surface area contributed by atoms with Crippen molar-refractivity contribution >= 4 is 0 Å². The fourth-order valence-corrected chi connectivity index (χ4v) is 1.18. The fourth-order valence-electron chi connectivity index (χ4n) is 1.18. The van der Waals surface area contributed by atoms with Crippen molar-refractivity contribution in [3.63, 3.8) is 0 Å². The molecule has 0 saturated carbocycles. The Morgan fingerprint density at radius 1 is 1.50 bits per heavy atom. The van der Waals surface area contributed by atoms with E-state index in [0.29, 0.717) is 0 Å². The second-order valence-electron chi connectivity index (χ2n) is 3.33. The van der Waals surface area contributed by atoms with E-state index in [2.05, 4.69) is 13.8 Å². The van der Waals surface area contributed by atoms with Crippen LogP contribution in [0.25, 0.3) is 0 Å². The first-order chi connectivity index (χ1) is 4.51. The number of rotatable bonds is 0. The van der Waals surface area contributed by atoms with Crippen molar-refractivity contribution in [1.82, 2.24) is 0 Å². The summed E-state index contributed by atoms with van der Waals surface area (Å²) < 4.78 is 0. The molecule has 1 aliphatic rings. The van der Waals surface area contributed by atoms with Gasteiger partial charge < -0.3 is 5.11 Å². The van der Waals surface area contributed by atoms with E-state index in [0.717, 1.165) is 6.42 Å². The van der Waals surface area contributed by atoms with Gasteiger partial charge in [-0.1, -0.05) is 23.3 Å². The standard InChI is InChI=1S/C9H14O/c1-7-4-5-9(3,10)6-8(7)2/h4-5,10H,6H2,1-3H3. The monoisotopic (exact) mass is 138 g/mol. The lowest BCUT2D eigenvalue weighted by Crippen LogP contribution is -2.23. The van der Waals surface area contributed by atoms with Crippen molar-refractivity contribution in [3.05, 3.63) is 23.3 Å². The maximum Gasteiger partial charge on any atom is 0.0839 e. The van der Waals surface area contributed by atoms with Gasteiger partial charge in [0.2, 0.25) is 0 Å². The summed E-state index contributed by atoms with van der Waals surface area (Å²) in [5.41, 5.74) is 1.96. The zero-order valence-electron chi connectivity index (χ0n) is 6.81. The third-order valence-corrected chi connectivity index (χ3v) is 1.99. The van der Waals surface area contributed by atoms with Crippen LogP contribution in [0.1, 0.15) is 27.2 Å². The smallest absolute Gasteiger partial charge is 0.0839 e. The van der Waals surface area contributed by atoms with E-state index in [1.54, 1.807) is 0 Å². The first-order valence-corrected chi connectivity index (χ1v) is 3.59. The lowest BCUT2D eigenvalue weighted by Gasteiger charge is -2.24. The van der Waals surface area contributed by atoms with Crippen LogP contribution in [0, 0.1) is 0 Å². The van der Waals surface area contributed by atoms with Crippen LogP contribution in [0.3, 0.4) is 0 Å². The topological polar surface area (TPSA) is 20.2 Å². The van der Waals surface area contributed by atoms with Gasteiger partial charge in [0.05, 0.1) is 5.60 Å². The molecule has 1 N–H and O–H groups in total. The molecule has 0 amide bonds. The molecule has 0 aromatic rings. The van der Waals surface area contributed by atoms with Gasteiger partial charge in [-0.3, -0.25) is 0 Å². The number of hydrogen-bond acceptors (Lipinski definition) is 1. The van der Waals surface area contributed by atoms with Gasteiger partial charge in [0.15, 0.2) is 0 Å². The van der Waals surface area contributed by atoms with Crippen molar-refractivity contribution in [1.29, 1.82) is 0 Å². The average molecular weight is 138 g/mol. The van der Waals surface area contributed by atoms with Gasteiger partial charge in [-0.15, -0.1) is 0 Å². The van der Waals surface area contributed by atoms with E-state index in [1.165, 1.54) is 11.1 Å². The molecular weight excluding hydrogens is 124 g/mol. The zero-order chi connectivity index (χ0) is 7.78. The average Bonchev–Trinajstić information content (AvgIpc) is 1.79. The van der Waals surface area contributed by atoms with Gasteiger partial charge in [-0.25, -0.2) is 0 Å². The Bertz CT molecular complexity index is 197. The summed E-state index contributed by atoms with van der Waals surface area (Å²) in [7, 11) is 0. The highest BCUT2D eigenvalue weighted by atomic mass is 16.3. The van der Waals surface area contributed by atoms with Crippen LogP contribution < -0.4 is 0 Å². The summed E-state index contributed by atoms with van der Waals surface area (Å²) in [5, 5.41) is 9.54. The summed E-state index contributed by atoms with van der Waals surface area (Å²) in [4.78, 5) is 0. The van der Waals surface area contributed by atoms with Crippen LogP contribution in [-0.2, 0) is 0 Å². The first-order valence-electron chi connectivity index (χ1n) is 3.59. The van der Waals surface area contributed by atoms with Crippen molar-refractivity contribution in [2.24, 2.45) is 0 Å². The second-order valence-corrected chi connectivity index (χ2v) is 3.33. The van der Waals surface area contributed by atoms with Crippen molar-refractivity contribution < 1.29 is 5.11 Å². The molecule has 0 radical (unpaired) electrons. The molecule has 0 saturated heterocycles. The molecular formula is C9H14O. The normalized spacial score (nSPS) is 33.2. The molecule has 1 atom stereocenters. The third-order valence-electron chi connectivity index (χ3n) is 1.99. The molecule has 0 spiro atoms. The predicted molar refractivity (Wildman–Crippen MR) is 42.8 cm³/mol. The number of hydrogen-bond donors (Lipinski definition) is 1. The van der Waals surface area contributed by atoms with Crippen LogP contribution in [0.15, 0.2) is 23.3 Å². The fraction of sp³-hybridized carbons (Fsp3) is 0.556. The van der Waals surface area contributed by atoms with Crippen LogP contribution in [0.4, 0.5) is 0 Å². The third kappa shape index (κ3) is 1.48. The number of aliphatic hydroxyl groups is 1. The molecule has 0 aromatic heterocycles. The van der Waals surface area contributed by atoms with E-state index in [9.17, 15) is 5.11 Å². The summed E-state index contributed by atoms with van der Waals surface area (Å²) in [6, 6.07) is 0. The molecule has 0 aliphatic heterocycles. The minimum absolute atomic E-state index is 0.608. The number of allylic oxidation sites excluding steroid dienone is 2. The molecule has 1 rings (SSSR count). The molecule has 56 valence electrons. The van der Waals surface area contributed by atoms with E-state index in [-0.39, 0.29) is 0 Å². The molecule has 1 aliphatic carbocycles. The van der Waals surface area contributed by atoms with Crippen molar-refractivity contribution in [2.75, 3.05) is 0 Å². The minimum atomic E-state index is -0.608. The Hall–Kier alpha value is -0.560. The lowest BCUT2D eigenvalue weighted by atomic mass is 9.89. The van der Waals surface area contributed by atoms with Gasteiger partial charge >= 0.3 is 0 Å². The van der Waals surface area contributed by atoms with Gasteiger partial charge in [0.25, 0.3) is 0 Å². The van der Waals surface area contributed by atoms with Gasteiger partial charge in [-0.2, -0.15) is 0 Å². The Labute approximate surface area is 62.1 Å². The van der Waals surface area contributed by atoms with Crippen molar-refractivity contribution in [2.45, 2.75) is 32.8 Å². The maximum absolute atomic E-state index is 9.54. The molecule has 10 heavy (non-hydrogen) atoms. The van der Waals surface area contributed by atoms with Crippen LogP contribution in [-0.4, -0.2) is 10.7 Å². The van der Waals surface area contributed by atoms with Gasteiger partial charge in [0.1, 0.15) is 0 Å². The summed E-state index contributed by atoms with van der Waals surface area (Å²) in [6.45, 7) is 5.97. The molecule has 1 nitrogen and oxygen atoms in total. The molecule has 1 heteroatoms. The molecule has 0 heterocycles. The van der Waals surface area contributed by atoms with E-state index in [1.807, 2.05) is 19.1 Å². The minimum Gasteiger partial charge on any atom is -0.386 e. The Morgan fingerprint density at radius 2 is 2.10 bits per heavy atom. The van der Waals surface area contributed by atoms with Crippen LogP contribution in [0.5, 0.6) is 0 Å². The summed E-state index contributed by atoms with van der Waals surface area (Å²) >= 11 is 0. The van der Waals surface area contributed by atoms with Crippen molar-refractivity contribution in [3.8, 4) is 0 Å². The highest BCUT2D eigenvalue weighted by Crippen LogP contribution is 2.25. The molecule has 0 fully saturated rings. The first kappa shape index (κ1) is 7.55. The van der Waals surface area contributed by atoms with E-state index < -0.39 is 5.60 Å². The molecule has 1 unspecified atom stereocenters. The Morgan fingerprint density at radius 3 is 2.50 bits per heavy atom. The van der Waals surface area contributed by atoms with Crippen LogP contribution >= 0.6 is 0 Å². The predicted octanol–water partition coefficient (Wildman–Crippen LogP) is 2.03. The quantitative estimate of drug-likeness (QED) is 0.543. The lowest BCUT2D eigenvalue weighted by molar-refractivity contribution is 0.110. The summed E-state index contributed by atoms with van der Waals surface area (Å²) in [6.07, 6.45) is 4.61. The van der Waals surface area contributed by atoms with Gasteiger partial charge in [-0.05, 0) is 20.8 Å². The van der Waals surface area contributed by atoms with Gasteiger partial charge in [0, 0.05) is 6.42 Å². The largest absolute Gasteiger partial charge is 0.386 e. The highest BCUT2D eigenvalue weighted by Gasteiger charge is 2.20. The Kier molecular flexibility index (Phi) is 1.69.